The number of hydrogen-bond acceptors (Lipinski definition) is 3. The largest absolute Gasteiger partial charge is 0.382 e. The average Bonchev–Trinajstić information content (AvgIpc) is 2.93. The number of nitrogens with one attached hydrogen (secondary N) is 2. The summed E-state index contributed by atoms with van der Waals surface area (Å²) in [5.74, 6) is 0. The number of nitrogens with zero attached hydrogens (tertiary/aromatic N) is 1. The van der Waals surface area contributed by atoms with E-state index in [9.17, 15) is 0 Å². The topological polar surface area (TPSA) is 37.0 Å². The lowest BCUT2D eigenvalue weighted by Gasteiger charge is -2.29. The third-order valence-electron chi connectivity index (χ3n) is 5.28. The Balaban J connectivity index is 2.10. The molecule has 0 radical (unpaired) electrons. The van der Waals surface area contributed by atoms with Gasteiger partial charge in [-0.1, -0.05) is 61.5 Å². The fraction of sp³-hybridized carbons (Fsp3) is 0.393. The van der Waals surface area contributed by atoms with E-state index in [-0.39, 0.29) is 11.6 Å². The van der Waals surface area contributed by atoms with Crippen LogP contribution >= 0.6 is 0 Å². The van der Waals surface area contributed by atoms with Crippen LogP contribution in [0.2, 0.25) is 0 Å². The van der Waals surface area contributed by atoms with Gasteiger partial charge in [-0.25, -0.2) is 0 Å². The van der Waals surface area contributed by atoms with Gasteiger partial charge >= 0.3 is 0 Å². The number of allylic oxidation sites excluding steroid dienone is 5. The number of hydrogen-bond donors (Lipinski definition) is 2. The summed E-state index contributed by atoms with van der Waals surface area (Å²) < 4.78 is 0. The van der Waals surface area contributed by atoms with Crippen molar-refractivity contribution in [1.29, 1.82) is 0 Å². The third-order valence-corrected chi connectivity index (χ3v) is 5.28. The Labute approximate surface area is 188 Å². The summed E-state index contributed by atoms with van der Waals surface area (Å²) in [6.07, 6.45) is 8.49. The summed E-state index contributed by atoms with van der Waals surface area (Å²) in [7, 11) is 0. The minimum absolute atomic E-state index is 0.0331. The first-order chi connectivity index (χ1) is 14.8. The zero-order chi connectivity index (χ0) is 22.4. The van der Waals surface area contributed by atoms with Crippen molar-refractivity contribution in [1.82, 2.24) is 15.6 Å². The van der Waals surface area contributed by atoms with Gasteiger partial charge in [0.05, 0.1) is 17.4 Å². The minimum atomic E-state index is -0.0367. The molecular weight excluding hydrogens is 378 g/mol. The lowest BCUT2D eigenvalue weighted by molar-refractivity contribution is 0.387. The van der Waals surface area contributed by atoms with E-state index in [0.29, 0.717) is 6.04 Å². The highest BCUT2D eigenvalue weighted by molar-refractivity contribution is 5.72. The Morgan fingerprint density at radius 2 is 1.74 bits per heavy atom. The molecule has 3 heteroatoms. The van der Waals surface area contributed by atoms with Crippen LogP contribution in [0.5, 0.6) is 0 Å². The smallest absolute Gasteiger partial charge is 0.0755 e. The molecule has 1 unspecified atom stereocenters. The molecule has 1 aromatic heterocycles. The molecule has 1 aliphatic rings. The molecule has 0 spiro atoms. The molecule has 0 fully saturated rings. The van der Waals surface area contributed by atoms with Gasteiger partial charge in [0.15, 0.2) is 0 Å². The van der Waals surface area contributed by atoms with Crippen molar-refractivity contribution < 1.29 is 0 Å². The molecule has 0 bridgehead atoms. The molecule has 2 aromatic rings. The minimum Gasteiger partial charge on any atom is -0.382 e. The van der Waals surface area contributed by atoms with Gasteiger partial charge in [-0.3, -0.25) is 4.98 Å². The molecule has 3 rings (SSSR count). The molecule has 31 heavy (non-hydrogen) atoms. The van der Waals surface area contributed by atoms with Crippen LogP contribution in [0.15, 0.2) is 78.0 Å². The fourth-order valence-corrected chi connectivity index (χ4v) is 3.93. The van der Waals surface area contributed by atoms with Gasteiger partial charge in [0.25, 0.3) is 0 Å². The van der Waals surface area contributed by atoms with Gasteiger partial charge in [0, 0.05) is 22.9 Å². The monoisotopic (exact) mass is 415 g/mol. The van der Waals surface area contributed by atoms with Crippen molar-refractivity contribution in [3.05, 3.63) is 95.0 Å². The molecule has 1 aromatic carbocycles. The fourth-order valence-electron chi connectivity index (χ4n) is 3.93. The highest BCUT2D eigenvalue weighted by atomic mass is 15.0. The van der Waals surface area contributed by atoms with Crippen LogP contribution in [0.1, 0.15) is 77.4 Å². The van der Waals surface area contributed by atoms with Crippen LogP contribution in [-0.2, 0) is 0 Å². The quantitative estimate of drug-likeness (QED) is 0.537. The number of pyridine rings is 1. The van der Waals surface area contributed by atoms with Gasteiger partial charge in [-0.15, -0.1) is 0 Å². The Hall–Kier alpha value is -2.65. The number of benzene rings is 1. The van der Waals surface area contributed by atoms with Crippen LogP contribution < -0.4 is 10.6 Å². The summed E-state index contributed by atoms with van der Waals surface area (Å²) in [6.45, 7) is 13.2. The molecule has 1 heterocycles. The molecule has 0 aliphatic heterocycles. The van der Waals surface area contributed by atoms with E-state index in [1.807, 2.05) is 0 Å². The third kappa shape index (κ3) is 6.18. The zero-order valence-electron chi connectivity index (χ0n) is 19.9. The second kappa shape index (κ2) is 10.1. The molecule has 1 atom stereocenters. The first kappa shape index (κ1) is 23.0. The molecule has 0 amide bonds. The van der Waals surface area contributed by atoms with E-state index in [2.05, 4.69) is 119 Å². The summed E-state index contributed by atoms with van der Waals surface area (Å²) in [5, 5.41) is 7.48. The van der Waals surface area contributed by atoms with Crippen LogP contribution in [-0.4, -0.2) is 16.6 Å². The van der Waals surface area contributed by atoms with E-state index >= 15 is 0 Å². The molecule has 2 N–H and O–H groups in total. The Morgan fingerprint density at radius 3 is 2.39 bits per heavy atom. The van der Waals surface area contributed by atoms with Crippen molar-refractivity contribution in [2.24, 2.45) is 0 Å². The van der Waals surface area contributed by atoms with E-state index in [0.717, 1.165) is 24.2 Å². The second-order valence-electron chi connectivity index (χ2n) is 9.52. The van der Waals surface area contributed by atoms with E-state index in [4.69, 9.17) is 4.98 Å². The maximum atomic E-state index is 5.20. The maximum Gasteiger partial charge on any atom is 0.0755 e. The van der Waals surface area contributed by atoms with E-state index in [1.54, 1.807) is 0 Å². The first-order valence-corrected chi connectivity index (χ1v) is 11.4. The van der Waals surface area contributed by atoms with Crippen molar-refractivity contribution in [2.45, 2.75) is 72.0 Å². The highest BCUT2D eigenvalue weighted by Crippen LogP contribution is 2.31. The SMILES string of the molecule is CCC1=CC=CCC(c2cccc(C(NC(C)(C)C)c3ccccc3)n2)=C1NC(C)C. The summed E-state index contributed by atoms with van der Waals surface area (Å²) in [6, 6.07) is 17.4. The molecule has 3 nitrogen and oxygen atoms in total. The number of aromatic nitrogens is 1. The lowest BCUT2D eigenvalue weighted by atomic mass is 9.96. The van der Waals surface area contributed by atoms with Crippen molar-refractivity contribution in [3.63, 3.8) is 0 Å². The number of rotatable bonds is 7. The Kier molecular flexibility index (Phi) is 7.50. The second-order valence-corrected chi connectivity index (χ2v) is 9.52. The Morgan fingerprint density at radius 1 is 1.00 bits per heavy atom. The molecular formula is C28H37N3. The summed E-state index contributed by atoms with van der Waals surface area (Å²) in [5.41, 5.74) is 7.11. The van der Waals surface area contributed by atoms with Crippen LogP contribution in [0, 0.1) is 0 Å². The van der Waals surface area contributed by atoms with Crippen molar-refractivity contribution >= 4 is 5.57 Å². The van der Waals surface area contributed by atoms with E-state index in [1.165, 1.54) is 22.4 Å². The van der Waals surface area contributed by atoms with Crippen molar-refractivity contribution in [3.8, 4) is 0 Å². The average molecular weight is 416 g/mol. The van der Waals surface area contributed by atoms with Crippen LogP contribution in [0.25, 0.3) is 5.57 Å². The standard InChI is InChI=1S/C28H37N3/c1-7-21-14-11-12-17-23(26(21)29-20(2)3)24-18-13-19-25(30-24)27(31-28(4,5)6)22-15-9-8-10-16-22/h8-16,18-20,27,29,31H,7,17H2,1-6H3. The molecule has 0 saturated heterocycles. The zero-order valence-corrected chi connectivity index (χ0v) is 19.9. The van der Waals surface area contributed by atoms with Crippen LogP contribution in [0.4, 0.5) is 0 Å². The maximum absolute atomic E-state index is 5.20. The Bertz CT molecular complexity index is 959. The summed E-state index contributed by atoms with van der Waals surface area (Å²) in [4.78, 5) is 5.20. The molecule has 164 valence electrons. The first-order valence-electron chi connectivity index (χ1n) is 11.4. The predicted octanol–water partition coefficient (Wildman–Crippen LogP) is 6.56. The van der Waals surface area contributed by atoms with Crippen molar-refractivity contribution in [2.75, 3.05) is 0 Å². The summed E-state index contributed by atoms with van der Waals surface area (Å²) >= 11 is 0. The molecule has 1 aliphatic carbocycles. The van der Waals surface area contributed by atoms with Gasteiger partial charge in [0.2, 0.25) is 0 Å². The highest BCUT2D eigenvalue weighted by Gasteiger charge is 2.23. The molecule has 0 saturated carbocycles. The van der Waals surface area contributed by atoms with Gasteiger partial charge in [-0.2, -0.15) is 0 Å². The lowest BCUT2D eigenvalue weighted by Crippen LogP contribution is -2.39. The normalized spacial score (nSPS) is 15.6. The van der Waals surface area contributed by atoms with Gasteiger partial charge < -0.3 is 10.6 Å². The van der Waals surface area contributed by atoms with E-state index < -0.39 is 0 Å². The van der Waals surface area contributed by atoms with Gasteiger partial charge in [-0.05, 0) is 70.7 Å². The predicted molar refractivity (Wildman–Crippen MR) is 133 cm³/mol. The van der Waals surface area contributed by atoms with Gasteiger partial charge in [0.1, 0.15) is 0 Å². The van der Waals surface area contributed by atoms with Crippen LogP contribution in [0.3, 0.4) is 0 Å².